The minimum absolute atomic E-state index is 0.0840. The van der Waals surface area contributed by atoms with Crippen molar-refractivity contribution < 1.29 is 4.39 Å². The smallest absolute Gasteiger partial charge is 0.123 e. The van der Waals surface area contributed by atoms with Crippen LogP contribution in [-0.4, -0.2) is 5.54 Å². The van der Waals surface area contributed by atoms with Gasteiger partial charge in [-0.1, -0.05) is 12.1 Å². The Morgan fingerprint density at radius 2 is 1.71 bits per heavy atom. The summed E-state index contributed by atoms with van der Waals surface area (Å²) in [5.74, 6) is -0.181. The second-order valence-corrected chi connectivity index (χ2v) is 4.81. The normalized spacial score (nSPS) is 19.4. The maximum Gasteiger partial charge on any atom is 0.123 e. The van der Waals surface area contributed by atoms with Gasteiger partial charge in [-0.15, -0.1) is 0 Å². The lowest BCUT2D eigenvalue weighted by Crippen LogP contribution is -2.45. The largest absolute Gasteiger partial charge is 0.325 e. The maximum absolute atomic E-state index is 12.8. The fraction of sp³-hybridized carbons (Fsp3) is 0.500. The van der Waals surface area contributed by atoms with E-state index in [9.17, 15) is 4.39 Å². The summed E-state index contributed by atoms with van der Waals surface area (Å²) in [5, 5.41) is 0. The Kier molecular flexibility index (Phi) is 1.93. The van der Waals surface area contributed by atoms with E-state index in [1.165, 1.54) is 17.7 Å². The highest BCUT2D eigenvalue weighted by Gasteiger charge is 2.53. The van der Waals surface area contributed by atoms with Crippen LogP contribution in [0.15, 0.2) is 24.3 Å². The number of hydrogen-bond donors (Lipinski definition) is 1. The number of rotatable bonds is 2. The van der Waals surface area contributed by atoms with Crippen molar-refractivity contribution in [1.82, 2.24) is 0 Å². The molecule has 0 unspecified atom stereocenters. The highest BCUT2D eigenvalue weighted by atomic mass is 19.1. The molecule has 0 spiro atoms. The summed E-state index contributed by atoms with van der Waals surface area (Å²) in [5.41, 5.74) is 7.19. The predicted molar refractivity (Wildman–Crippen MR) is 55.6 cm³/mol. The molecule has 0 amide bonds. The zero-order valence-corrected chi connectivity index (χ0v) is 8.68. The van der Waals surface area contributed by atoms with Gasteiger partial charge in [0.1, 0.15) is 5.82 Å². The molecule has 0 atom stereocenters. The van der Waals surface area contributed by atoms with Gasteiger partial charge in [0.15, 0.2) is 0 Å². The highest BCUT2D eigenvalue weighted by molar-refractivity contribution is 5.36. The number of nitrogens with two attached hydrogens (primary N) is 1. The van der Waals surface area contributed by atoms with Crippen molar-refractivity contribution in [1.29, 1.82) is 0 Å². The summed E-state index contributed by atoms with van der Waals surface area (Å²) in [6, 6.07) is 6.75. The number of hydrogen-bond acceptors (Lipinski definition) is 1. The van der Waals surface area contributed by atoms with Gasteiger partial charge in [-0.05, 0) is 44.4 Å². The molecule has 2 heteroatoms. The Labute approximate surface area is 84.1 Å². The van der Waals surface area contributed by atoms with Crippen molar-refractivity contribution in [3.63, 3.8) is 0 Å². The second kappa shape index (κ2) is 2.80. The number of halogens is 1. The van der Waals surface area contributed by atoms with Crippen molar-refractivity contribution in [2.24, 2.45) is 5.73 Å². The third kappa shape index (κ3) is 1.34. The summed E-state index contributed by atoms with van der Waals surface area (Å²) in [6.07, 6.45) is 2.23. The van der Waals surface area contributed by atoms with Crippen molar-refractivity contribution in [3.8, 4) is 0 Å². The molecule has 0 aromatic heterocycles. The van der Waals surface area contributed by atoms with Gasteiger partial charge >= 0.3 is 0 Å². The lowest BCUT2D eigenvalue weighted by atomic mass is 9.79. The summed E-state index contributed by atoms with van der Waals surface area (Å²) < 4.78 is 12.8. The van der Waals surface area contributed by atoms with Gasteiger partial charge in [0.05, 0.1) is 0 Å². The van der Waals surface area contributed by atoms with Crippen LogP contribution >= 0.6 is 0 Å². The zero-order valence-electron chi connectivity index (χ0n) is 8.68. The summed E-state index contributed by atoms with van der Waals surface area (Å²) in [7, 11) is 0. The Balaban J connectivity index is 2.36. The maximum atomic E-state index is 12.8. The molecule has 1 aliphatic carbocycles. The van der Waals surface area contributed by atoms with Gasteiger partial charge in [-0.3, -0.25) is 0 Å². The predicted octanol–water partition coefficient (Wildman–Crippen LogP) is 2.59. The molecule has 1 aliphatic rings. The standard InChI is InChI=1S/C12H16FN/c1-11(2,14)12(7-8-12)9-3-5-10(13)6-4-9/h3-6H,7-8,14H2,1-2H3. The SMILES string of the molecule is CC(C)(N)C1(c2ccc(F)cc2)CC1. The molecule has 0 saturated heterocycles. The molecule has 1 nitrogen and oxygen atoms in total. The molecular weight excluding hydrogens is 177 g/mol. The molecule has 1 aromatic carbocycles. The monoisotopic (exact) mass is 193 g/mol. The van der Waals surface area contributed by atoms with E-state index in [1.54, 1.807) is 0 Å². The van der Waals surface area contributed by atoms with Gasteiger partial charge in [0.2, 0.25) is 0 Å². The molecule has 0 bridgehead atoms. The summed E-state index contributed by atoms with van der Waals surface area (Å²) >= 11 is 0. The Hall–Kier alpha value is -0.890. The topological polar surface area (TPSA) is 26.0 Å². The minimum atomic E-state index is -0.217. The van der Waals surface area contributed by atoms with E-state index in [-0.39, 0.29) is 16.8 Å². The molecule has 76 valence electrons. The number of benzene rings is 1. The summed E-state index contributed by atoms with van der Waals surface area (Å²) in [6.45, 7) is 4.09. The Morgan fingerprint density at radius 1 is 1.21 bits per heavy atom. The molecular formula is C12H16FN. The molecule has 1 fully saturated rings. The molecule has 1 saturated carbocycles. The van der Waals surface area contributed by atoms with Crippen LogP contribution < -0.4 is 5.73 Å². The van der Waals surface area contributed by atoms with Gasteiger partial charge in [0, 0.05) is 11.0 Å². The van der Waals surface area contributed by atoms with Crippen LogP contribution in [0.3, 0.4) is 0 Å². The van der Waals surface area contributed by atoms with E-state index in [0.717, 1.165) is 12.8 Å². The zero-order chi connectivity index (χ0) is 10.4. The molecule has 0 aliphatic heterocycles. The van der Waals surface area contributed by atoms with Gasteiger partial charge < -0.3 is 5.73 Å². The van der Waals surface area contributed by atoms with Crippen LogP contribution in [0.5, 0.6) is 0 Å². The summed E-state index contributed by atoms with van der Waals surface area (Å²) in [4.78, 5) is 0. The molecule has 1 aromatic rings. The average molecular weight is 193 g/mol. The first-order valence-electron chi connectivity index (χ1n) is 5.01. The first-order chi connectivity index (χ1) is 6.46. The van der Waals surface area contributed by atoms with Gasteiger partial charge in [-0.25, -0.2) is 4.39 Å². The second-order valence-electron chi connectivity index (χ2n) is 4.81. The van der Waals surface area contributed by atoms with Crippen LogP contribution in [0.2, 0.25) is 0 Å². The van der Waals surface area contributed by atoms with E-state index in [0.29, 0.717) is 0 Å². The molecule has 2 N–H and O–H groups in total. The van der Waals surface area contributed by atoms with Crippen molar-refractivity contribution in [2.45, 2.75) is 37.6 Å². The molecule has 0 heterocycles. The van der Waals surface area contributed by atoms with Crippen LogP contribution in [0.1, 0.15) is 32.3 Å². The Morgan fingerprint density at radius 3 is 2.07 bits per heavy atom. The van der Waals surface area contributed by atoms with Crippen LogP contribution in [0.4, 0.5) is 4.39 Å². The third-order valence-electron chi connectivity index (χ3n) is 3.38. The van der Waals surface area contributed by atoms with Crippen molar-refractivity contribution >= 4 is 0 Å². The first-order valence-corrected chi connectivity index (χ1v) is 5.01. The van der Waals surface area contributed by atoms with E-state index in [4.69, 9.17) is 5.73 Å². The highest BCUT2D eigenvalue weighted by Crippen LogP contribution is 2.54. The first kappa shape index (κ1) is 9.66. The Bertz CT molecular complexity index is 330. The molecule has 2 rings (SSSR count). The van der Waals surface area contributed by atoms with Crippen molar-refractivity contribution in [3.05, 3.63) is 35.6 Å². The van der Waals surface area contributed by atoms with E-state index < -0.39 is 0 Å². The van der Waals surface area contributed by atoms with E-state index in [2.05, 4.69) is 0 Å². The molecule has 0 radical (unpaired) electrons. The minimum Gasteiger partial charge on any atom is -0.325 e. The van der Waals surface area contributed by atoms with Gasteiger partial charge in [-0.2, -0.15) is 0 Å². The third-order valence-corrected chi connectivity index (χ3v) is 3.38. The fourth-order valence-corrected chi connectivity index (χ4v) is 2.20. The van der Waals surface area contributed by atoms with Crippen LogP contribution in [0.25, 0.3) is 0 Å². The molecule has 14 heavy (non-hydrogen) atoms. The van der Waals surface area contributed by atoms with Gasteiger partial charge in [0.25, 0.3) is 0 Å². The van der Waals surface area contributed by atoms with E-state index >= 15 is 0 Å². The fourth-order valence-electron chi connectivity index (χ4n) is 2.20. The van der Waals surface area contributed by atoms with Crippen molar-refractivity contribution in [2.75, 3.05) is 0 Å². The van der Waals surface area contributed by atoms with E-state index in [1.807, 2.05) is 26.0 Å². The van der Waals surface area contributed by atoms with Crippen LogP contribution in [-0.2, 0) is 5.41 Å². The lowest BCUT2D eigenvalue weighted by Gasteiger charge is -2.31. The average Bonchev–Trinajstić information content (AvgIpc) is 2.84. The lowest BCUT2D eigenvalue weighted by molar-refractivity contribution is 0.391. The van der Waals surface area contributed by atoms with Crippen LogP contribution in [0, 0.1) is 5.82 Å². The quantitative estimate of drug-likeness (QED) is 0.767.